The van der Waals surface area contributed by atoms with Crippen LogP contribution < -0.4 is 16.0 Å². The first-order valence-electron chi connectivity index (χ1n) is 6.82. The molecule has 1 aliphatic heterocycles. The first-order valence-corrected chi connectivity index (χ1v) is 7.20. The molecule has 0 spiro atoms. The third-order valence-corrected chi connectivity index (χ3v) is 4.02. The largest absolute Gasteiger partial charge is 0.488 e. The van der Waals surface area contributed by atoms with Crippen LogP contribution in [0.4, 0.5) is 4.39 Å². The highest BCUT2D eigenvalue weighted by Crippen LogP contribution is 2.30. The molecular weight excluding hydrogens is 291 g/mol. The van der Waals surface area contributed by atoms with Gasteiger partial charge in [-0.3, -0.25) is 11.3 Å². The lowest BCUT2D eigenvalue weighted by Crippen LogP contribution is -2.47. The number of halogens is 2. The number of rotatable bonds is 4. The van der Waals surface area contributed by atoms with E-state index in [4.69, 9.17) is 22.2 Å². The molecule has 0 saturated heterocycles. The number of nitrogens with two attached hydrogens (primary N) is 1. The molecule has 0 aromatic heterocycles. The van der Waals surface area contributed by atoms with Gasteiger partial charge in [0, 0.05) is 11.4 Å². The molecular formula is C16H16ClFN2O. The highest BCUT2D eigenvalue weighted by molar-refractivity contribution is 6.30. The maximum absolute atomic E-state index is 13.8. The fourth-order valence-electron chi connectivity index (χ4n) is 2.67. The number of nitrogens with one attached hydrogen (secondary N) is 1. The Hall–Kier alpha value is -1.62. The van der Waals surface area contributed by atoms with E-state index in [1.165, 1.54) is 12.1 Å². The molecule has 0 radical (unpaired) electrons. The maximum Gasteiger partial charge on any atom is 0.126 e. The summed E-state index contributed by atoms with van der Waals surface area (Å²) < 4.78 is 19.8. The summed E-state index contributed by atoms with van der Waals surface area (Å²) in [5.41, 5.74) is 4.42. The van der Waals surface area contributed by atoms with Gasteiger partial charge in [0.25, 0.3) is 0 Å². The quantitative estimate of drug-likeness (QED) is 0.674. The van der Waals surface area contributed by atoms with Gasteiger partial charge in [-0.1, -0.05) is 29.8 Å². The number of benzene rings is 2. The van der Waals surface area contributed by atoms with Gasteiger partial charge in [0.15, 0.2) is 0 Å². The molecule has 2 aromatic rings. The van der Waals surface area contributed by atoms with E-state index in [2.05, 4.69) is 5.43 Å². The van der Waals surface area contributed by atoms with E-state index < -0.39 is 0 Å². The maximum atomic E-state index is 13.8. The standard InChI is InChI=1S/C16H16ClFN2O/c17-12-5-6-13(18)11(7-12)8-14(20-19)16-9-10-3-1-2-4-15(10)21-16/h1-7,14,16,20H,8-9,19H2. The SMILES string of the molecule is NNC(Cc1cc(Cl)ccc1F)C1Cc2ccccc2O1. The number of para-hydroxylation sites is 1. The average Bonchev–Trinajstić information content (AvgIpc) is 2.91. The lowest BCUT2D eigenvalue weighted by molar-refractivity contribution is 0.177. The van der Waals surface area contributed by atoms with Gasteiger partial charge in [-0.2, -0.15) is 0 Å². The molecule has 2 atom stereocenters. The van der Waals surface area contributed by atoms with E-state index >= 15 is 0 Å². The van der Waals surface area contributed by atoms with Gasteiger partial charge in [-0.25, -0.2) is 4.39 Å². The summed E-state index contributed by atoms with van der Waals surface area (Å²) >= 11 is 5.93. The molecule has 21 heavy (non-hydrogen) atoms. The van der Waals surface area contributed by atoms with Crippen LogP contribution >= 0.6 is 11.6 Å². The van der Waals surface area contributed by atoms with Gasteiger partial charge in [0.2, 0.25) is 0 Å². The second-order valence-electron chi connectivity index (χ2n) is 5.18. The van der Waals surface area contributed by atoms with E-state index in [0.717, 1.165) is 17.7 Å². The molecule has 3 nitrogen and oxygen atoms in total. The average molecular weight is 307 g/mol. The predicted molar refractivity (Wildman–Crippen MR) is 80.8 cm³/mol. The summed E-state index contributed by atoms with van der Waals surface area (Å²) in [5, 5.41) is 0.512. The van der Waals surface area contributed by atoms with Crippen LogP contribution in [-0.4, -0.2) is 12.1 Å². The van der Waals surface area contributed by atoms with Crippen molar-refractivity contribution in [3.05, 3.63) is 64.4 Å². The van der Waals surface area contributed by atoms with Crippen molar-refractivity contribution in [3.63, 3.8) is 0 Å². The monoisotopic (exact) mass is 306 g/mol. The fourth-order valence-corrected chi connectivity index (χ4v) is 2.86. The van der Waals surface area contributed by atoms with E-state index in [1.54, 1.807) is 6.07 Å². The highest BCUT2D eigenvalue weighted by atomic mass is 35.5. The normalized spacial score (nSPS) is 18.1. The highest BCUT2D eigenvalue weighted by Gasteiger charge is 2.30. The van der Waals surface area contributed by atoms with E-state index in [9.17, 15) is 4.39 Å². The zero-order valence-corrected chi connectivity index (χ0v) is 12.1. The number of ether oxygens (including phenoxy) is 1. The summed E-state index contributed by atoms with van der Waals surface area (Å²) in [7, 11) is 0. The minimum Gasteiger partial charge on any atom is -0.488 e. The lowest BCUT2D eigenvalue weighted by atomic mass is 9.98. The van der Waals surface area contributed by atoms with Crippen LogP contribution in [-0.2, 0) is 12.8 Å². The van der Waals surface area contributed by atoms with Gasteiger partial charge in [-0.05, 0) is 41.8 Å². The molecule has 0 fully saturated rings. The van der Waals surface area contributed by atoms with Crippen LogP contribution in [0.25, 0.3) is 0 Å². The van der Waals surface area contributed by atoms with E-state index in [0.29, 0.717) is 17.0 Å². The Balaban J connectivity index is 1.76. The minimum atomic E-state index is -0.282. The molecule has 1 aliphatic rings. The Morgan fingerprint density at radius 2 is 2.14 bits per heavy atom. The van der Waals surface area contributed by atoms with Crippen LogP contribution in [0.15, 0.2) is 42.5 Å². The van der Waals surface area contributed by atoms with Crippen molar-refractivity contribution in [1.82, 2.24) is 5.43 Å². The fraction of sp³-hybridized carbons (Fsp3) is 0.250. The summed E-state index contributed by atoms with van der Waals surface area (Å²) in [6.45, 7) is 0. The summed E-state index contributed by atoms with van der Waals surface area (Å²) in [4.78, 5) is 0. The Morgan fingerprint density at radius 3 is 2.90 bits per heavy atom. The summed E-state index contributed by atoms with van der Waals surface area (Å²) in [5.74, 6) is 6.23. The Morgan fingerprint density at radius 1 is 1.33 bits per heavy atom. The second-order valence-corrected chi connectivity index (χ2v) is 5.62. The van der Waals surface area contributed by atoms with Crippen molar-refractivity contribution in [3.8, 4) is 5.75 Å². The molecule has 0 saturated carbocycles. The first kappa shape index (κ1) is 14.3. The number of hydrogen-bond acceptors (Lipinski definition) is 3. The zero-order valence-electron chi connectivity index (χ0n) is 11.4. The van der Waals surface area contributed by atoms with Crippen LogP contribution in [0.1, 0.15) is 11.1 Å². The second kappa shape index (κ2) is 6.02. The van der Waals surface area contributed by atoms with Crippen LogP contribution in [0.2, 0.25) is 5.02 Å². The lowest BCUT2D eigenvalue weighted by Gasteiger charge is -2.22. The van der Waals surface area contributed by atoms with Crippen molar-refractivity contribution in [2.24, 2.45) is 5.84 Å². The Kier molecular flexibility index (Phi) is 4.10. The van der Waals surface area contributed by atoms with Crippen LogP contribution in [0.3, 0.4) is 0 Å². The third-order valence-electron chi connectivity index (χ3n) is 3.78. The van der Waals surface area contributed by atoms with Gasteiger partial charge in [0.05, 0.1) is 6.04 Å². The molecule has 1 heterocycles. The first-order chi connectivity index (χ1) is 10.2. The van der Waals surface area contributed by atoms with Crippen molar-refractivity contribution in [1.29, 1.82) is 0 Å². The summed E-state index contributed by atoms with van der Waals surface area (Å²) in [6.07, 6.45) is 1.06. The minimum absolute atomic E-state index is 0.120. The predicted octanol–water partition coefficient (Wildman–Crippen LogP) is 2.86. The molecule has 0 bridgehead atoms. The Labute approximate surface area is 127 Å². The van der Waals surface area contributed by atoms with Crippen LogP contribution in [0, 0.1) is 5.82 Å². The topological polar surface area (TPSA) is 47.3 Å². The molecule has 3 rings (SSSR count). The van der Waals surface area contributed by atoms with Crippen molar-refractivity contribution in [2.75, 3.05) is 0 Å². The number of hydrogen-bond donors (Lipinski definition) is 2. The van der Waals surface area contributed by atoms with Crippen LogP contribution in [0.5, 0.6) is 5.75 Å². The van der Waals surface area contributed by atoms with Gasteiger partial charge in [0.1, 0.15) is 17.7 Å². The smallest absolute Gasteiger partial charge is 0.126 e. The van der Waals surface area contributed by atoms with Crippen molar-refractivity contribution >= 4 is 11.6 Å². The van der Waals surface area contributed by atoms with Crippen molar-refractivity contribution in [2.45, 2.75) is 25.0 Å². The number of hydrazine groups is 1. The molecule has 5 heteroatoms. The molecule has 2 aromatic carbocycles. The van der Waals surface area contributed by atoms with Crippen molar-refractivity contribution < 1.29 is 9.13 Å². The van der Waals surface area contributed by atoms with Gasteiger partial charge < -0.3 is 4.74 Å². The third kappa shape index (κ3) is 3.02. The molecule has 2 unspecified atom stereocenters. The van der Waals surface area contributed by atoms with Gasteiger partial charge >= 0.3 is 0 Å². The summed E-state index contributed by atoms with van der Waals surface area (Å²) in [6, 6.07) is 12.2. The number of fused-ring (bicyclic) bond motifs is 1. The van der Waals surface area contributed by atoms with E-state index in [1.807, 2.05) is 24.3 Å². The molecule has 110 valence electrons. The molecule has 0 amide bonds. The molecule has 0 aliphatic carbocycles. The molecule has 3 N–H and O–H groups in total. The zero-order chi connectivity index (χ0) is 14.8. The Bertz CT molecular complexity index is 625. The van der Waals surface area contributed by atoms with Gasteiger partial charge in [-0.15, -0.1) is 0 Å². The van der Waals surface area contributed by atoms with E-state index in [-0.39, 0.29) is 18.0 Å².